The van der Waals surface area contributed by atoms with Crippen molar-refractivity contribution in [3.63, 3.8) is 0 Å². The molecule has 0 bridgehead atoms. The second-order valence-corrected chi connectivity index (χ2v) is 9.21. The van der Waals surface area contributed by atoms with E-state index in [4.69, 9.17) is 0 Å². The number of aliphatic hydroxyl groups excluding tert-OH is 1. The smallest absolute Gasteiger partial charge is 0.274 e. The lowest BCUT2D eigenvalue weighted by atomic mass is 10.00. The molecule has 2 aliphatic heterocycles. The van der Waals surface area contributed by atoms with Crippen molar-refractivity contribution in [2.24, 2.45) is 0 Å². The Morgan fingerprint density at radius 3 is 2.53 bits per heavy atom. The number of β-amino-alcohol motifs (C(OH)–C–C–N with tert-alkyl or cyclic N) is 1. The molecule has 0 saturated carbocycles. The van der Waals surface area contributed by atoms with Crippen LogP contribution in [0.4, 0.5) is 5.69 Å². The molecular weight excluding hydrogens is 400 g/mol. The van der Waals surface area contributed by atoms with Crippen LogP contribution in [0.1, 0.15) is 36.8 Å². The van der Waals surface area contributed by atoms with Crippen molar-refractivity contribution in [1.29, 1.82) is 0 Å². The summed E-state index contributed by atoms with van der Waals surface area (Å²) in [7, 11) is 0. The fourth-order valence-corrected chi connectivity index (χ4v) is 5.10. The molecule has 0 spiro atoms. The van der Waals surface area contributed by atoms with Crippen LogP contribution in [0, 0.1) is 0 Å². The number of nitrogens with zero attached hydrogens (tertiary/aromatic N) is 4. The molecule has 5 rings (SSSR count). The molecule has 32 heavy (non-hydrogen) atoms. The number of hydrogen-bond donors (Lipinski definition) is 1. The molecule has 6 heteroatoms. The lowest BCUT2D eigenvalue weighted by Crippen LogP contribution is -2.40. The Hall–Kier alpha value is -2.70. The van der Waals surface area contributed by atoms with Crippen LogP contribution in [0.5, 0.6) is 0 Å². The number of aliphatic hydroxyl groups is 1. The van der Waals surface area contributed by atoms with Gasteiger partial charge in [-0.1, -0.05) is 37.1 Å². The van der Waals surface area contributed by atoms with Crippen molar-refractivity contribution in [2.45, 2.75) is 51.3 Å². The Labute approximate surface area is 189 Å². The van der Waals surface area contributed by atoms with E-state index in [1.54, 1.807) is 6.20 Å². The highest BCUT2D eigenvalue weighted by Crippen LogP contribution is 2.23. The van der Waals surface area contributed by atoms with Gasteiger partial charge in [-0.25, -0.2) is 4.68 Å². The predicted molar refractivity (Wildman–Crippen MR) is 128 cm³/mol. The maximum absolute atomic E-state index is 13.0. The lowest BCUT2D eigenvalue weighted by molar-refractivity contribution is 0.0878. The second kappa shape index (κ2) is 9.43. The molecular formula is C26H32N4O2. The molecule has 2 aromatic carbocycles. The van der Waals surface area contributed by atoms with Crippen molar-refractivity contribution >= 4 is 16.5 Å². The minimum Gasteiger partial charge on any atom is -0.390 e. The summed E-state index contributed by atoms with van der Waals surface area (Å²) in [6.07, 6.45) is 7.15. The van der Waals surface area contributed by atoms with Gasteiger partial charge >= 0.3 is 0 Å². The highest BCUT2D eigenvalue weighted by Gasteiger charge is 2.19. The van der Waals surface area contributed by atoms with E-state index in [1.165, 1.54) is 47.2 Å². The van der Waals surface area contributed by atoms with E-state index < -0.39 is 6.10 Å². The Bertz CT molecular complexity index is 1130. The molecule has 3 aromatic rings. The molecule has 6 nitrogen and oxygen atoms in total. The lowest BCUT2D eigenvalue weighted by Gasteiger charge is -2.30. The fourth-order valence-electron chi connectivity index (χ4n) is 5.10. The molecule has 1 saturated heterocycles. The number of rotatable bonds is 5. The third-order valence-electron chi connectivity index (χ3n) is 6.87. The molecule has 0 aliphatic carbocycles. The van der Waals surface area contributed by atoms with E-state index in [0.717, 1.165) is 38.0 Å². The number of aromatic nitrogens is 2. The first-order valence-electron chi connectivity index (χ1n) is 11.9. The molecule has 1 fully saturated rings. The molecule has 0 unspecified atom stereocenters. The van der Waals surface area contributed by atoms with Crippen LogP contribution >= 0.6 is 0 Å². The molecule has 0 radical (unpaired) electrons. The number of hydrogen-bond acceptors (Lipinski definition) is 5. The first-order chi connectivity index (χ1) is 15.7. The average molecular weight is 433 g/mol. The maximum atomic E-state index is 13.0. The second-order valence-electron chi connectivity index (χ2n) is 9.21. The minimum absolute atomic E-state index is 0.132. The summed E-state index contributed by atoms with van der Waals surface area (Å²) in [4.78, 5) is 17.7. The highest BCUT2D eigenvalue weighted by molar-refractivity contribution is 5.84. The van der Waals surface area contributed by atoms with Gasteiger partial charge in [-0.15, -0.1) is 0 Å². The molecule has 1 N–H and O–H groups in total. The van der Waals surface area contributed by atoms with E-state index in [9.17, 15) is 9.90 Å². The highest BCUT2D eigenvalue weighted by atomic mass is 16.3. The van der Waals surface area contributed by atoms with Crippen LogP contribution in [0.25, 0.3) is 10.8 Å². The summed E-state index contributed by atoms with van der Waals surface area (Å²) < 4.78 is 1.41. The summed E-state index contributed by atoms with van der Waals surface area (Å²) in [5.41, 5.74) is 3.76. The molecule has 2 aliphatic rings. The van der Waals surface area contributed by atoms with Crippen LogP contribution in [0.15, 0.2) is 53.5 Å². The molecule has 1 aromatic heterocycles. The van der Waals surface area contributed by atoms with Gasteiger partial charge in [0, 0.05) is 43.8 Å². The number of anilines is 1. The Balaban J connectivity index is 1.27. The van der Waals surface area contributed by atoms with Gasteiger partial charge in [-0.2, -0.15) is 5.10 Å². The average Bonchev–Trinajstić information content (AvgIpc) is 3.10. The van der Waals surface area contributed by atoms with E-state index in [2.05, 4.69) is 51.3 Å². The number of benzene rings is 2. The quantitative estimate of drug-likeness (QED) is 0.671. The summed E-state index contributed by atoms with van der Waals surface area (Å²) in [6, 6.07) is 14.5. The van der Waals surface area contributed by atoms with Gasteiger partial charge < -0.3 is 10.0 Å². The van der Waals surface area contributed by atoms with Crippen molar-refractivity contribution in [3.05, 3.63) is 70.1 Å². The minimum atomic E-state index is -0.640. The summed E-state index contributed by atoms with van der Waals surface area (Å²) in [6.45, 7) is 4.65. The van der Waals surface area contributed by atoms with E-state index in [1.807, 2.05) is 6.07 Å². The molecule has 168 valence electrons. The van der Waals surface area contributed by atoms with Crippen molar-refractivity contribution in [1.82, 2.24) is 14.7 Å². The Morgan fingerprint density at radius 2 is 1.72 bits per heavy atom. The van der Waals surface area contributed by atoms with Crippen LogP contribution < -0.4 is 10.5 Å². The predicted octanol–water partition coefficient (Wildman–Crippen LogP) is 3.20. The van der Waals surface area contributed by atoms with Gasteiger partial charge in [0.15, 0.2) is 0 Å². The molecule has 0 amide bonds. The zero-order chi connectivity index (χ0) is 21.9. The standard InChI is InChI=1S/C26H32N4O2/c31-24(18-28-14-11-20-7-3-4-8-21(20)17-28)19-30-26(32)25-10-9-23(15-22(25)16-27-30)29-12-5-1-2-6-13-29/h3-4,7-10,15-16,24,31H,1-2,5-6,11-14,17-19H2/t24-/m1/s1. The zero-order valence-corrected chi connectivity index (χ0v) is 18.6. The third kappa shape index (κ3) is 4.57. The molecule has 1 atom stereocenters. The van der Waals surface area contributed by atoms with Crippen LogP contribution in [0.2, 0.25) is 0 Å². The van der Waals surface area contributed by atoms with E-state index in [-0.39, 0.29) is 12.1 Å². The van der Waals surface area contributed by atoms with Crippen LogP contribution in [-0.2, 0) is 19.5 Å². The topological polar surface area (TPSA) is 61.6 Å². The normalized spacial score (nSPS) is 18.3. The van der Waals surface area contributed by atoms with Gasteiger partial charge in [0.25, 0.3) is 5.56 Å². The summed E-state index contributed by atoms with van der Waals surface area (Å²) in [5.74, 6) is 0. The Kier molecular flexibility index (Phi) is 6.23. The Morgan fingerprint density at radius 1 is 0.938 bits per heavy atom. The van der Waals surface area contributed by atoms with Gasteiger partial charge in [0.2, 0.25) is 0 Å². The van der Waals surface area contributed by atoms with E-state index in [0.29, 0.717) is 11.9 Å². The largest absolute Gasteiger partial charge is 0.390 e. The van der Waals surface area contributed by atoms with Crippen molar-refractivity contribution < 1.29 is 5.11 Å². The van der Waals surface area contributed by atoms with Crippen LogP contribution in [-0.4, -0.2) is 52.1 Å². The molecule has 3 heterocycles. The van der Waals surface area contributed by atoms with Gasteiger partial charge in [-0.3, -0.25) is 9.69 Å². The SMILES string of the molecule is O=c1c2ccc(N3CCCCCC3)cc2cnn1C[C@H](O)CN1CCc2ccccc2C1. The van der Waals surface area contributed by atoms with Crippen molar-refractivity contribution in [3.8, 4) is 0 Å². The monoisotopic (exact) mass is 432 g/mol. The van der Waals surface area contributed by atoms with Gasteiger partial charge in [0.05, 0.1) is 24.2 Å². The number of fused-ring (bicyclic) bond motifs is 2. The third-order valence-corrected chi connectivity index (χ3v) is 6.87. The maximum Gasteiger partial charge on any atom is 0.274 e. The first kappa shape index (κ1) is 21.2. The zero-order valence-electron chi connectivity index (χ0n) is 18.6. The first-order valence-corrected chi connectivity index (χ1v) is 11.9. The van der Waals surface area contributed by atoms with Crippen LogP contribution in [0.3, 0.4) is 0 Å². The van der Waals surface area contributed by atoms with E-state index >= 15 is 0 Å². The van der Waals surface area contributed by atoms with Gasteiger partial charge in [0.1, 0.15) is 0 Å². The summed E-state index contributed by atoms with van der Waals surface area (Å²) >= 11 is 0. The summed E-state index contributed by atoms with van der Waals surface area (Å²) in [5, 5.41) is 16.6. The van der Waals surface area contributed by atoms with Gasteiger partial charge in [-0.05, 0) is 48.6 Å². The fraction of sp³-hybridized carbons (Fsp3) is 0.462. The van der Waals surface area contributed by atoms with Crippen molar-refractivity contribution in [2.75, 3.05) is 31.1 Å².